The Bertz CT molecular complexity index is 1090. The van der Waals surface area contributed by atoms with Crippen LogP contribution in [0.1, 0.15) is 33.9 Å². The summed E-state index contributed by atoms with van der Waals surface area (Å²) in [5.74, 6) is -2.94. The van der Waals surface area contributed by atoms with Crippen molar-refractivity contribution in [2.45, 2.75) is 18.9 Å². The van der Waals surface area contributed by atoms with Gasteiger partial charge in [-0.05, 0) is 47.6 Å². The van der Waals surface area contributed by atoms with E-state index in [1.807, 2.05) is 0 Å². The molecular formula is C19H14F2N2O2. The number of nitrogens with two attached hydrogens (primary N) is 1. The Morgan fingerprint density at radius 3 is 2.76 bits per heavy atom. The van der Waals surface area contributed by atoms with Crippen LogP contribution in [0.2, 0.25) is 0 Å². The first-order valence-corrected chi connectivity index (χ1v) is 7.90. The molecule has 0 saturated carbocycles. The van der Waals surface area contributed by atoms with Gasteiger partial charge in [-0.3, -0.25) is 9.59 Å². The quantitative estimate of drug-likeness (QED) is 0.741. The van der Waals surface area contributed by atoms with E-state index in [-0.39, 0.29) is 5.56 Å². The maximum Gasteiger partial charge on any atom is 0.270 e. The SMILES string of the molecule is NC1CCc2c1cc(F)c(C(=O)n1ccc3ccccc3c1=O)c2F. The Kier molecular flexibility index (Phi) is 3.51. The highest BCUT2D eigenvalue weighted by Crippen LogP contribution is 2.34. The Morgan fingerprint density at radius 1 is 1.20 bits per heavy atom. The van der Waals surface area contributed by atoms with E-state index >= 15 is 0 Å². The van der Waals surface area contributed by atoms with Crippen LogP contribution >= 0.6 is 0 Å². The molecule has 0 amide bonds. The van der Waals surface area contributed by atoms with E-state index < -0.39 is 34.7 Å². The van der Waals surface area contributed by atoms with E-state index in [4.69, 9.17) is 5.73 Å². The zero-order valence-corrected chi connectivity index (χ0v) is 13.1. The summed E-state index contributed by atoms with van der Waals surface area (Å²) in [5, 5.41) is 0.958. The van der Waals surface area contributed by atoms with Gasteiger partial charge in [0.15, 0.2) is 0 Å². The minimum absolute atomic E-state index is 0.256. The summed E-state index contributed by atoms with van der Waals surface area (Å²) in [5.41, 5.74) is 5.15. The van der Waals surface area contributed by atoms with Crippen LogP contribution in [0.3, 0.4) is 0 Å². The summed E-state index contributed by atoms with van der Waals surface area (Å²) >= 11 is 0. The number of hydrogen-bond donors (Lipinski definition) is 1. The third-order valence-corrected chi connectivity index (χ3v) is 4.70. The number of rotatable bonds is 1. The van der Waals surface area contributed by atoms with Gasteiger partial charge in [-0.25, -0.2) is 13.3 Å². The van der Waals surface area contributed by atoms with Gasteiger partial charge in [0.05, 0.1) is 0 Å². The Morgan fingerprint density at radius 2 is 1.96 bits per heavy atom. The standard InChI is InChI=1S/C19H14F2N2O2/c20-14-9-13-12(5-6-15(13)22)17(21)16(14)19(25)23-8-7-10-3-1-2-4-11(10)18(23)24/h1-4,7-9,15H,5-6,22H2. The van der Waals surface area contributed by atoms with Crippen LogP contribution in [0.15, 0.2) is 47.4 Å². The predicted octanol–water partition coefficient (Wildman–Crippen LogP) is 2.91. The van der Waals surface area contributed by atoms with Gasteiger partial charge in [0, 0.05) is 17.6 Å². The summed E-state index contributed by atoms with van der Waals surface area (Å²) in [7, 11) is 0. The van der Waals surface area contributed by atoms with Crippen LogP contribution in [0, 0.1) is 11.6 Å². The fourth-order valence-corrected chi connectivity index (χ4v) is 3.38. The van der Waals surface area contributed by atoms with E-state index in [9.17, 15) is 18.4 Å². The lowest BCUT2D eigenvalue weighted by atomic mass is 10.0. The molecule has 0 fully saturated rings. The Labute approximate surface area is 141 Å². The summed E-state index contributed by atoms with van der Waals surface area (Å²) in [6.45, 7) is 0. The van der Waals surface area contributed by atoms with E-state index in [0.717, 1.165) is 10.6 Å². The lowest BCUT2D eigenvalue weighted by Crippen LogP contribution is -2.28. The van der Waals surface area contributed by atoms with Crippen molar-refractivity contribution < 1.29 is 13.6 Å². The van der Waals surface area contributed by atoms with Gasteiger partial charge in [0.1, 0.15) is 17.2 Å². The second-order valence-electron chi connectivity index (χ2n) is 6.14. The first-order valence-electron chi connectivity index (χ1n) is 7.90. The normalized spacial score (nSPS) is 16.2. The molecule has 0 aliphatic heterocycles. The van der Waals surface area contributed by atoms with Crippen LogP contribution in [-0.4, -0.2) is 10.5 Å². The summed E-state index contributed by atoms with van der Waals surface area (Å²) in [4.78, 5) is 25.2. The Hall–Kier alpha value is -2.86. The van der Waals surface area contributed by atoms with Gasteiger partial charge in [0.2, 0.25) is 0 Å². The third-order valence-electron chi connectivity index (χ3n) is 4.70. The number of halogens is 2. The predicted molar refractivity (Wildman–Crippen MR) is 89.5 cm³/mol. The zero-order valence-electron chi connectivity index (χ0n) is 13.1. The molecule has 0 bridgehead atoms. The maximum absolute atomic E-state index is 14.8. The topological polar surface area (TPSA) is 65.1 Å². The number of fused-ring (bicyclic) bond motifs is 2. The highest BCUT2D eigenvalue weighted by molar-refractivity contribution is 5.98. The fourth-order valence-electron chi connectivity index (χ4n) is 3.38. The molecule has 0 radical (unpaired) electrons. The largest absolute Gasteiger partial charge is 0.324 e. The molecule has 1 aliphatic carbocycles. The molecule has 2 aromatic carbocycles. The van der Waals surface area contributed by atoms with Crippen LogP contribution < -0.4 is 11.3 Å². The van der Waals surface area contributed by atoms with Crippen LogP contribution in [0.25, 0.3) is 10.8 Å². The minimum atomic E-state index is -1.02. The molecule has 1 aliphatic rings. The molecule has 4 nitrogen and oxygen atoms in total. The van der Waals surface area contributed by atoms with Crippen molar-refractivity contribution in [1.29, 1.82) is 0 Å². The summed E-state index contributed by atoms with van der Waals surface area (Å²) < 4.78 is 29.9. The average Bonchev–Trinajstić information content (AvgIpc) is 2.96. The molecule has 25 heavy (non-hydrogen) atoms. The fraction of sp³-hybridized carbons (Fsp3) is 0.158. The first kappa shape index (κ1) is 15.7. The van der Waals surface area contributed by atoms with Crippen molar-refractivity contribution in [2.24, 2.45) is 5.73 Å². The number of hydrogen-bond acceptors (Lipinski definition) is 3. The van der Waals surface area contributed by atoms with Gasteiger partial charge < -0.3 is 5.73 Å². The van der Waals surface area contributed by atoms with Crippen LogP contribution in [-0.2, 0) is 6.42 Å². The van der Waals surface area contributed by atoms with Gasteiger partial charge in [-0.15, -0.1) is 0 Å². The zero-order chi connectivity index (χ0) is 17.7. The molecule has 2 N–H and O–H groups in total. The molecule has 3 aromatic rings. The average molecular weight is 340 g/mol. The lowest BCUT2D eigenvalue weighted by Gasteiger charge is -2.12. The molecular weight excluding hydrogens is 326 g/mol. The van der Waals surface area contributed by atoms with Crippen LogP contribution in [0.4, 0.5) is 8.78 Å². The highest BCUT2D eigenvalue weighted by Gasteiger charge is 2.30. The number of aromatic nitrogens is 1. The number of nitrogens with zero attached hydrogens (tertiary/aromatic N) is 1. The van der Waals surface area contributed by atoms with Crippen molar-refractivity contribution in [3.05, 3.63) is 81.3 Å². The third kappa shape index (κ3) is 2.29. The first-order chi connectivity index (χ1) is 12.0. The van der Waals surface area contributed by atoms with Crippen molar-refractivity contribution in [1.82, 2.24) is 4.57 Å². The van der Waals surface area contributed by atoms with Crippen molar-refractivity contribution in [3.8, 4) is 0 Å². The molecule has 1 atom stereocenters. The monoisotopic (exact) mass is 340 g/mol. The smallest absolute Gasteiger partial charge is 0.270 e. The molecule has 4 rings (SSSR count). The lowest BCUT2D eigenvalue weighted by molar-refractivity contribution is 0.0947. The van der Waals surface area contributed by atoms with E-state index in [1.54, 1.807) is 30.3 Å². The second-order valence-corrected chi connectivity index (χ2v) is 6.14. The van der Waals surface area contributed by atoms with Gasteiger partial charge in [-0.1, -0.05) is 18.2 Å². The maximum atomic E-state index is 14.8. The van der Waals surface area contributed by atoms with Crippen LogP contribution in [0.5, 0.6) is 0 Å². The molecule has 1 heterocycles. The highest BCUT2D eigenvalue weighted by atomic mass is 19.1. The number of carbonyl (C=O) groups is 1. The number of carbonyl (C=O) groups excluding carboxylic acids is 1. The number of pyridine rings is 1. The molecule has 6 heteroatoms. The number of benzene rings is 2. The molecule has 0 saturated heterocycles. The van der Waals surface area contributed by atoms with Crippen molar-refractivity contribution in [2.75, 3.05) is 0 Å². The van der Waals surface area contributed by atoms with Gasteiger partial charge in [0.25, 0.3) is 11.5 Å². The molecule has 0 spiro atoms. The van der Waals surface area contributed by atoms with E-state index in [0.29, 0.717) is 29.2 Å². The van der Waals surface area contributed by atoms with E-state index in [1.165, 1.54) is 6.20 Å². The molecule has 1 aromatic heterocycles. The summed E-state index contributed by atoms with van der Waals surface area (Å²) in [6.07, 6.45) is 2.08. The minimum Gasteiger partial charge on any atom is -0.324 e. The molecule has 126 valence electrons. The van der Waals surface area contributed by atoms with Gasteiger partial charge >= 0.3 is 0 Å². The van der Waals surface area contributed by atoms with E-state index in [2.05, 4.69) is 0 Å². The van der Waals surface area contributed by atoms with Crippen molar-refractivity contribution in [3.63, 3.8) is 0 Å². The van der Waals surface area contributed by atoms with Gasteiger partial charge in [-0.2, -0.15) is 0 Å². The summed E-state index contributed by atoms with van der Waals surface area (Å²) in [6, 6.07) is 8.95. The Balaban J connectivity index is 1.91. The second kappa shape index (κ2) is 5.60. The molecule has 1 unspecified atom stereocenters. The van der Waals surface area contributed by atoms with Crippen molar-refractivity contribution >= 4 is 16.7 Å².